The van der Waals surface area contributed by atoms with E-state index in [1.54, 1.807) is 13.2 Å². The number of carbonyl (C=O) groups is 1. The highest BCUT2D eigenvalue weighted by molar-refractivity contribution is 8.15. The van der Waals surface area contributed by atoms with Crippen LogP contribution in [0.25, 0.3) is 11.4 Å². The Morgan fingerprint density at radius 1 is 1.17 bits per heavy atom. The molecule has 1 aliphatic rings. The van der Waals surface area contributed by atoms with E-state index < -0.39 is 11.9 Å². The van der Waals surface area contributed by atoms with Crippen LogP contribution >= 0.6 is 11.8 Å². The molecule has 190 valence electrons. The van der Waals surface area contributed by atoms with Crippen LogP contribution < -0.4 is 14.2 Å². The summed E-state index contributed by atoms with van der Waals surface area (Å²) in [5.74, 6) is 0.780. The summed E-state index contributed by atoms with van der Waals surface area (Å²) in [5, 5.41) is 12.0. The fraction of sp³-hybridized carbons (Fsp3) is 0.292. The first kappa shape index (κ1) is 26.7. The number of aryl methyl sites for hydroxylation is 1. The first-order valence-electron chi connectivity index (χ1n) is 10.7. The van der Waals surface area contributed by atoms with Gasteiger partial charge in [-0.15, -0.1) is 11.8 Å². The van der Waals surface area contributed by atoms with Gasteiger partial charge < -0.3 is 23.5 Å². The highest BCUT2D eigenvalue weighted by atomic mass is 32.2. The van der Waals surface area contributed by atoms with Crippen molar-refractivity contribution in [1.29, 1.82) is 5.41 Å². The van der Waals surface area contributed by atoms with Crippen molar-refractivity contribution in [3.05, 3.63) is 53.7 Å². The lowest BCUT2D eigenvalue weighted by Gasteiger charge is -2.16. The minimum atomic E-state index is -0.870. The van der Waals surface area contributed by atoms with Gasteiger partial charge in [0.2, 0.25) is 23.2 Å². The SMILES string of the molecule is COC(=O)/N=C(\SC)C(=N)c1cc(OC)c2c(c1F)OCCCO2.Cc1nc(-c2ccccc2)no1. The largest absolute Gasteiger partial charge is 0.493 e. The second-order valence-corrected chi connectivity index (χ2v) is 7.91. The summed E-state index contributed by atoms with van der Waals surface area (Å²) in [6, 6.07) is 11.1. The predicted octanol–water partition coefficient (Wildman–Crippen LogP) is 4.94. The summed E-state index contributed by atoms with van der Waals surface area (Å²) >= 11 is 1.03. The van der Waals surface area contributed by atoms with E-state index >= 15 is 0 Å². The number of aromatic nitrogens is 2. The average Bonchev–Trinajstić information content (AvgIpc) is 3.19. The molecule has 0 fully saturated rings. The smallest absolute Gasteiger partial charge is 0.434 e. The van der Waals surface area contributed by atoms with Crippen LogP contribution in [0, 0.1) is 18.2 Å². The number of carbonyl (C=O) groups excluding carboxylic acids is 1. The van der Waals surface area contributed by atoms with E-state index in [2.05, 4.69) is 19.9 Å². The van der Waals surface area contributed by atoms with E-state index in [1.807, 2.05) is 30.3 Å². The molecule has 0 saturated heterocycles. The molecule has 10 nitrogen and oxygen atoms in total. The molecule has 0 spiro atoms. The Bertz CT molecular complexity index is 1250. The zero-order chi connectivity index (χ0) is 26.1. The summed E-state index contributed by atoms with van der Waals surface area (Å²) < 4.78 is 40.3. The molecule has 3 aromatic rings. The third-order valence-corrected chi connectivity index (χ3v) is 5.43. The van der Waals surface area contributed by atoms with E-state index in [0.717, 1.165) is 17.3 Å². The van der Waals surface area contributed by atoms with Gasteiger partial charge in [0, 0.05) is 24.5 Å². The number of rotatable bonds is 4. The topological polar surface area (TPSA) is 129 Å². The number of hydrogen-bond acceptors (Lipinski definition) is 10. The van der Waals surface area contributed by atoms with Crippen molar-refractivity contribution >= 4 is 28.6 Å². The number of nitrogens with zero attached hydrogens (tertiary/aromatic N) is 3. The van der Waals surface area contributed by atoms with Gasteiger partial charge in [0.05, 0.1) is 33.1 Å². The van der Waals surface area contributed by atoms with Gasteiger partial charge in [-0.3, -0.25) is 5.41 Å². The lowest BCUT2D eigenvalue weighted by Crippen LogP contribution is -2.16. The molecule has 12 heteroatoms. The molecule has 4 rings (SSSR count). The Morgan fingerprint density at radius 2 is 1.86 bits per heavy atom. The Balaban J connectivity index is 0.000000249. The number of methoxy groups -OCH3 is 2. The van der Waals surface area contributed by atoms with Crippen LogP contribution in [0.4, 0.5) is 9.18 Å². The minimum absolute atomic E-state index is 0.0114. The summed E-state index contributed by atoms with van der Waals surface area (Å²) in [6.45, 7) is 2.44. The van der Waals surface area contributed by atoms with Crippen LogP contribution in [0.1, 0.15) is 17.9 Å². The van der Waals surface area contributed by atoms with Crippen LogP contribution in [0.3, 0.4) is 0 Å². The fourth-order valence-corrected chi connectivity index (χ4v) is 3.53. The number of aliphatic imine (C=N–C) groups is 1. The van der Waals surface area contributed by atoms with Gasteiger partial charge in [0.25, 0.3) is 0 Å². The standard InChI is InChI=1S/C15H17FN2O5S.C9H8N2O/c1-20-9-7-8(11(17)14(24-3)18-15(19)21-2)10(16)13-12(9)22-5-4-6-23-13;1-7-10-9(11-12-7)8-5-3-2-4-6-8/h7,17H,4-6H2,1-3H3;2-6H,1H3/b17-11?,18-14-;. The van der Waals surface area contributed by atoms with Crippen molar-refractivity contribution in [2.75, 3.05) is 33.7 Å². The maximum absolute atomic E-state index is 14.8. The monoisotopic (exact) mass is 516 g/mol. The zero-order valence-corrected chi connectivity index (χ0v) is 21.0. The lowest BCUT2D eigenvalue weighted by molar-refractivity contribution is 0.183. The van der Waals surface area contributed by atoms with Gasteiger partial charge >= 0.3 is 6.09 Å². The third kappa shape index (κ3) is 6.39. The van der Waals surface area contributed by atoms with E-state index in [4.69, 9.17) is 24.1 Å². The van der Waals surface area contributed by atoms with E-state index in [1.165, 1.54) is 20.3 Å². The van der Waals surface area contributed by atoms with Gasteiger partial charge in [-0.05, 0) is 12.3 Å². The second-order valence-electron chi connectivity index (χ2n) is 7.12. The van der Waals surface area contributed by atoms with Crippen molar-refractivity contribution in [2.24, 2.45) is 4.99 Å². The quantitative estimate of drug-likeness (QED) is 0.379. The first-order valence-corrected chi connectivity index (χ1v) is 11.9. The summed E-state index contributed by atoms with van der Waals surface area (Å²) in [6.07, 6.45) is 1.35. The number of ether oxygens (including phenoxy) is 4. The van der Waals surface area contributed by atoms with Crippen molar-refractivity contribution in [3.8, 4) is 28.6 Å². The second kappa shape index (κ2) is 12.7. The summed E-state index contributed by atoms with van der Waals surface area (Å²) in [5.41, 5.74) is 0.599. The molecule has 2 aromatic carbocycles. The van der Waals surface area contributed by atoms with Crippen LogP contribution in [-0.4, -0.2) is 60.7 Å². The third-order valence-electron chi connectivity index (χ3n) is 4.75. The number of hydrogen-bond donors (Lipinski definition) is 1. The molecular weight excluding hydrogens is 491 g/mol. The Kier molecular flexibility index (Phi) is 9.39. The van der Waals surface area contributed by atoms with Crippen LogP contribution in [-0.2, 0) is 4.74 Å². The molecule has 2 heterocycles. The summed E-state index contributed by atoms with van der Waals surface area (Å²) in [4.78, 5) is 19.1. The molecular formula is C24H25FN4O6S. The molecule has 1 N–H and O–H groups in total. The Labute approximate surface area is 211 Å². The highest BCUT2D eigenvalue weighted by Crippen LogP contribution is 2.43. The van der Waals surface area contributed by atoms with E-state index in [0.29, 0.717) is 24.7 Å². The maximum Gasteiger partial charge on any atom is 0.434 e. The average molecular weight is 517 g/mol. The molecule has 0 atom stereocenters. The van der Waals surface area contributed by atoms with Gasteiger partial charge in [-0.1, -0.05) is 35.5 Å². The van der Waals surface area contributed by atoms with Gasteiger partial charge in [0.1, 0.15) is 5.04 Å². The lowest BCUT2D eigenvalue weighted by atomic mass is 10.1. The number of thioether (sulfide) groups is 1. The highest BCUT2D eigenvalue weighted by Gasteiger charge is 2.27. The van der Waals surface area contributed by atoms with Crippen molar-refractivity contribution in [2.45, 2.75) is 13.3 Å². The molecule has 1 amide bonds. The normalized spacial score (nSPS) is 12.6. The number of fused-ring (bicyclic) bond motifs is 1. The molecule has 0 radical (unpaired) electrons. The van der Waals surface area contributed by atoms with Crippen molar-refractivity contribution in [3.63, 3.8) is 0 Å². The van der Waals surface area contributed by atoms with Gasteiger partial charge in [0.15, 0.2) is 11.6 Å². The zero-order valence-electron chi connectivity index (χ0n) is 20.2. The van der Waals surface area contributed by atoms with Crippen LogP contribution in [0.5, 0.6) is 17.2 Å². The number of nitrogens with one attached hydrogen (secondary N) is 1. The molecule has 1 aromatic heterocycles. The Morgan fingerprint density at radius 3 is 2.44 bits per heavy atom. The Hall–Kier alpha value is -3.93. The van der Waals surface area contributed by atoms with Gasteiger partial charge in [-0.25, -0.2) is 9.18 Å². The van der Waals surface area contributed by atoms with Crippen LogP contribution in [0.2, 0.25) is 0 Å². The molecule has 0 unspecified atom stereocenters. The minimum Gasteiger partial charge on any atom is -0.493 e. The van der Waals surface area contributed by atoms with Crippen LogP contribution in [0.15, 0.2) is 45.9 Å². The fourth-order valence-electron chi connectivity index (χ4n) is 3.05. The molecule has 0 saturated carbocycles. The number of benzene rings is 2. The molecule has 0 aliphatic carbocycles. The van der Waals surface area contributed by atoms with Crippen molar-refractivity contribution in [1.82, 2.24) is 10.1 Å². The molecule has 36 heavy (non-hydrogen) atoms. The molecule has 0 bridgehead atoms. The van der Waals surface area contributed by atoms with E-state index in [9.17, 15) is 9.18 Å². The van der Waals surface area contributed by atoms with Gasteiger partial charge in [-0.2, -0.15) is 9.98 Å². The number of amides is 1. The van der Waals surface area contributed by atoms with Crippen molar-refractivity contribution < 1.29 is 32.7 Å². The first-order chi connectivity index (χ1) is 17.4. The summed E-state index contributed by atoms with van der Waals surface area (Å²) in [7, 11) is 2.58. The molecule has 1 aliphatic heterocycles. The van der Waals surface area contributed by atoms with E-state index in [-0.39, 0.29) is 40.2 Å². The number of halogens is 1. The predicted molar refractivity (Wildman–Crippen MR) is 133 cm³/mol. The maximum atomic E-state index is 14.8.